The monoisotopic (exact) mass is 356 g/mol. The minimum Gasteiger partial charge on any atom is -0.394 e. The highest BCUT2D eigenvalue weighted by Gasteiger charge is 2.45. The minimum atomic E-state index is 0.0802. The van der Waals surface area contributed by atoms with Gasteiger partial charge in [-0.05, 0) is 57.3 Å². The fraction of sp³-hybridized carbons (Fsp3) is 0.571. The second kappa shape index (κ2) is 7.14. The molecule has 1 aromatic carbocycles. The van der Waals surface area contributed by atoms with Crippen molar-refractivity contribution >= 4 is 0 Å². The largest absolute Gasteiger partial charge is 0.394 e. The van der Waals surface area contributed by atoms with E-state index in [4.69, 9.17) is 14.4 Å². The summed E-state index contributed by atoms with van der Waals surface area (Å²) in [5.74, 6) is 0.937. The van der Waals surface area contributed by atoms with E-state index in [0.717, 1.165) is 50.4 Å². The Morgan fingerprint density at radius 3 is 2.73 bits per heavy atom. The lowest BCUT2D eigenvalue weighted by atomic mass is 9.73. The predicted molar refractivity (Wildman–Crippen MR) is 99.0 cm³/mol. The number of fused-ring (bicyclic) bond motifs is 2. The molecule has 1 atom stereocenters. The number of aliphatic hydroxyl groups excluding tert-OH is 1. The number of aromatic nitrogens is 1. The Hall–Kier alpha value is -1.69. The molecule has 5 heteroatoms. The van der Waals surface area contributed by atoms with Crippen LogP contribution in [0.15, 0.2) is 28.8 Å². The number of nitrogens with zero attached hydrogens (tertiary/aromatic N) is 2. The summed E-state index contributed by atoms with van der Waals surface area (Å²) >= 11 is 0. The normalized spacial score (nSPS) is 22.0. The van der Waals surface area contributed by atoms with E-state index in [1.807, 2.05) is 13.8 Å². The number of rotatable bonds is 5. The number of hydrogen-bond acceptors (Lipinski definition) is 5. The van der Waals surface area contributed by atoms with Crippen LogP contribution in [0.4, 0.5) is 0 Å². The van der Waals surface area contributed by atoms with Gasteiger partial charge in [-0.3, -0.25) is 4.90 Å². The van der Waals surface area contributed by atoms with Gasteiger partial charge in [-0.2, -0.15) is 0 Å². The van der Waals surface area contributed by atoms with Crippen LogP contribution in [0.3, 0.4) is 0 Å². The zero-order valence-electron chi connectivity index (χ0n) is 15.7. The fourth-order valence-corrected chi connectivity index (χ4v) is 4.74. The van der Waals surface area contributed by atoms with Crippen LogP contribution < -0.4 is 0 Å². The van der Waals surface area contributed by atoms with Crippen molar-refractivity contribution in [3.8, 4) is 0 Å². The summed E-state index contributed by atoms with van der Waals surface area (Å²) in [5, 5.41) is 13.2. The maximum atomic E-state index is 9.13. The van der Waals surface area contributed by atoms with Crippen molar-refractivity contribution in [1.29, 1.82) is 0 Å². The van der Waals surface area contributed by atoms with E-state index >= 15 is 0 Å². The van der Waals surface area contributed by atoms with Gasteiger partial charge in [0.05, 0.1) is 25.0 Å². The molecule has 5 nitrogen and oxygen atoms in total. The molecule has 1 saturated heterocycles. The molecule has 1 spiro atoms. The molecular weight excluding hydrogens is 328 g/mol. The first kappa shape index (κ1) is 17.7. The molecule has 2 heterocycles. The highest BCUT2D eigenvalue weighted by atomic mass is 16.5. The van der Waals surface area contributed by atoms with Gasteiger partial charge in [-0.15, -0.1) is 0 Å². The Labute approximate surface area is 154 Å². The molecule has 4 rings (SSSR count). The Morgan fingerprint density at radius 1 is 1.27 bits per heavy atom. The molecule has 1 aliphatic heterocycles. The molecule has 1 aromatic heterocycles. The lowest BCUT2D eigenvalue weighted by Crippen LogP contribution is -2.41. The Kier molecular flexibility index (Phi) is 4.86. The molecule has 0 radical (unpaired) electrons. The summed E-state index contributed by atoms with van der Waals surface area (Å²) in [5.41, 5.74) is 5.23. The van der Waals surface area contributed by atoms with Crippen molar-refractivity contribution in [2.45, 2.75) is 51.2 Å². The molecule has 1 N–H and O–H groups in total. The molecule has 1 aliphatic carbocycles. The minimum absolute atomic E-state index is 0.0802. The van der Waals surface area contributed by atoms with Gasteiger partial charge >= 0.3 is 0 Å². The third kappa shape index (κ3) is 3.08. The van der Waals surface area contributed by atoms with Crippen LogP contribution in [0.5, 0.6) is 0 Å². The highest BCUT2D eigenvalue weighted by Crippen LogP contribution is 2.52. The van der Waals surface area contributed by atoms with Crippen LogP contribution in [0, 0.1) is 13.8 Å². The first-order valence-electron chi connectivity index (χ1n) is 9.59. The van der Waals surface area contributed by atoms with E-state index in [-0.39, 0.29) is 18.1 Å². The summed E-state index contributed by atoms with van der Waals surface area (Å²) in [6, 6.07) is 8.72. The molecule has 2 aliphatic rings. The van der Waals surface area contributed by atoms with Crippen molar-refractivity contribution in [2.75, 3.05) is 26.3 Å². The lowest BCUT2D eigenvalue weighted by Gasteiger charge is -2.40. The summed E-state index contributed by atoms with van der Waals surface area (Å²) < 4.78 is 11.3. The smallest absolute Gasteiger partial charge is 0.138 e. The van der Waals surface area contributed by atoms with Gasteiger partial charge in [0.25, 0.3) is 0 Å². The Balaban J connectivity index is 1.48. The number of likely N-dealkylation sites (tertiary alicyclic amines) is 1. The van der Waals surface area contributed by atoms with Gasteiger partial charge in [-0.1, -0.05) is 29.4 Å². The second-order valence-electron chi connectivity index (χ2n) is 7.73. The van der Waals surface area contributed by atoms with E-state index in [0.29, 0.717) is 6.61 Å². The number of ether oxygens (including phenoxy) is 1. The SMILES string of the molecule is Cc1noc(C)c1CN1CCC2(CC1)C[C@@H](OCCO)c1ccccc12. The van der Waals surface area contributed by atoms with Gasteiger partial charge in [0, 0.05) is 17.5 Å². The molecule has 140 valence electrons. The summed E-state index contributed by atoms with van der Waals surface area (Å²) in [7, 11) is 0. The molecule has 1 fully saturated rings. The van der Waals surface area contributed by atoms with Gasteiger partial charge < -0.3 is 14.4 Å². The van der Waals surface area contributed by atoms with E-state index in [1.165, 1.54) is 16.7 Å². The third-order valence-corrected chi connectivity index (χ3v) is 6.24. The first-order chi connectivity index (χ1) is 12.6. The average Bonchev–Trinajstić information content (AvgIpc) is 3.14. The van der Waals surface area contributed by atoms with Crippen LogP contribution >= 0.6 is 0 Å². The molecule has 0 saturated carbocycles. The van der Waals surface area contributed by atoms with Crippen LogP contribution in [0.1, 0.15) is 53.5 Å². The first-order valence-corrected chi connectivity index (χ1v) is 9.59. The molecule has 2 aromatic rings. The number of piperidine rings is 1. The molecule has 0 amide bonds. The molecule has 0 bridgehead atoms. The third-order valence-electron chi connectivity index (χ3n) is 6.24. The molecule has 0 unspecified atom stereocenters. The summed E-state index contributed by atoms with van der Waals surface area (Å²) in [4.78, 5) is 2.52. The number of aliphatic hydroxyl groups is 1. The standard InChI is InChI=1S/C21H28N2O3/c1-15-18(16(2)26-22-15)14-23-9-7-21(8-10-23)13-20(25-12-11-24)17-5-3-4-6-19(17)21/h3-6,20,24H,7-14H2,1-2H3/t20-/m1/s1. The zero-order valence-corrected chi connectivity index (χ0v) is 15.7. The van der Waals surface area contributed by atoms with E-state index < -0.39 is 0 Å². The van der Waals surface area contributed by atoms with Crippen LogP contribution in [0.25, 0.3) is 0 Å². The molecular formula is C21H28N2O3. The maximum absolute atomic E-state index is 9.13. The molecule has 26 heavy (non-hydrogen) atoms. The Morgan fingerprint density at radius 2 is 2.04 bits per heavy atom. The van der Waals surface area contributed by atoms with Gasteiger partial charge in [0.15, 0.2) is 0 Å². The maximum Gasteiger partial charge on any atom is 0.138 e. The summed E-state index contributed by atoms with van der Waals surface area (Å²) in [6.07, 6.45) is 3.44. The zero-order chi connectivity index (χ0) is 18.1. The Bertz CT molecular complexity index is 743. The fourth-order valence-electron chi connectivity index (χ4n) is 4.74. The van der Waals surface area contributed by atoms with E-state index in [1.54, 1.807) is 0 Å². The summed E-state index contributed by atoms with van der Waals surface area (Å²) in [6.45, 7) is 7.58. The van der Waals surface area contributed by atoms with Crippen molar-refractivity contribution in [1.82, 2.24) is 10.1 Å². The lowest BCUT2D eigenvalue weighted by molar-refractivity contribution is 0.0128. The van der Waals surface area contributed by atoms with Crippen LogP contribution in [-0.4, -0.2) is 41.5 Å². The van der Waals surface area contributed by atoms with E-state index in [9.17, 15) is 0 Å². The van der Waals surface area contributed by atoms with Crippen molar-refractivity contribution < 1.29 is 14.4 Å². The van der Waals surface area contributed by atoms with Crippen molar-refractivity contribution in [3.63, 3.8) is 0 Å². The van der Waals surface area contributed by atoms with Crippen LogP contribution in [0.2, 0.25) is 0 Å². The predicted octanol–water partition coefficient (Wildman–Crippen LogP) is 3.28. The van der Waals surface area contributed by atoms with Gasteiger partial charge in [0.1, 0.15) is 5.76 Å². The van der Waals surface area contributed by atoms with Crippen molar-refractivity contribution in [2.24, 2.45) is 0 Å². The number of aryl methyl sites for hydroxylation is 2. The van der Waals surface area contributed by atoms with Crippen molar-refractivity contribution in [3.05, 3.63) is 52.4 Å². The van der Waals surface area contributed by atoms with Gasteiger partial charge in [0.2, 0.25) is 0 Å². The quantitative estimate of drug-likeness (QED) is 0.891. The topological polar surface area (TPSA) is 58.7 Å². The number of hydrogen-bond donors (Lipinski definition) is 1. The van der Waals surface area contributed by atoms with Crippen LogP contribution in [-0.2, 0) is 16.7 Å². The number of benzene rings is 1. The highest BCUT2D eigenvalue weighted by molar-refractivity contribution is 5.42. The van der Waals surface area contributed by atoms with E-state index in [2.05, 4.69) is 34.3 Å². The van der Waals surface area contributed by atoms with Gasteiger partial charge in [-0.25, -0.2) is 0 Å². The second-order valence-corrected chi connectivity index (χ2v) is 7.73. The average molecular weight is 356 g/mol.